The molecule has 0 aromatic carbocycles. The van der Waals surface area contributed by atoms with Crippen LogP contribution in [0.2, 0.25) is 0 Å². The summed E-state index contributed by atoms with van der Waals surface area (Å²) in [5, 5.41) is 3.47. The molecule has 0 aromatic heterocycles. The third kappa shape index (κ3) is 4.88. The highest BCUT2D eigenvalue weighted by molar-refractivity contribution is 5.65. The summed E-state index contributed by atoms with van der Waals surface area (Å²) in [6, 6.07) is 0.657. The van der Waals surface area contributed by atoms with Crippen LogP contribution in [0.1, 0.15) is 39.0 Å². The smallest absolute Gasteiger partial charge is 0.302 e. The lowest BCUT2D eigenvalue weighted by atomic mass is 10.0. The molecule has 13 heavy (non-hydrogen) atoms. The minimum absolute atomic E-state index is 0.170. The van der Waals surface area contributed by atoms with Gasteiger partial charge in [0.25, 0.3) is 0 Å². The fraction of sp³-hybridized carbons (Fsp3) is 0.900. The molecule has 1 aliphatic rings. The maximum absolute atomic E-state index is 10.5. The van der Waals surface area contributed by atoms with Crippen LogP contribution >= 0.6 is 0 Å². The normalized spacial score (nSPS) is 22.7. The van der Waals surface area contributed by atoms with Crippen molar-refractivity contribution in [1.29, 1.82) is 0 Å². The Balaban J connectivity index is 1.95. The first kappa shape index (κ1) is 10.5. The molecule has 1 saturated heterocycles. The Labute approximate surface area is 79.8 Å². The summed E-state index contributed by atoms with van der Waals surface area (Å²) < 4.78 is 4.87. The summed E-state index contributed by atoms with van der Waals surface area (Å²) in [5.41, 5.74) is 0. The molecule has 1 heterocycles. The standard InChI is InChI=1S/C10H19NO2/c1-9(12)13-8-4-6-10-5-2-3-7-11-10/h10-11H,2-8H2,1H3. The zero-order valence-electron chi connectivity index (χ0n) is 8.34. The first-order valence-electron chi connectivity index (χ1n) is 5.16. The Hall–Kier alpha value is -0.570. The van der Waals surface area contributed by atoms with Gasteiger partial charge in [-0.1, -0.05) is 6.42 Å². The third-order valence-electron chi connectivity index (χ3n) is 2.41. The van der Waals surface area contributed by atoms with E-state index in [-0.39, 0.29) is 5.97 Å². The molecule has 0 spiro atoms. The number of piperidine rings is 1. The van der Waals surface area contributed by atoms with Gasteiger partial charge in [-0.2, -0.15) is 0 Å². The van der Waals surface area contributed by atoms with E-state index < -0.39 is 0 Å². The molecule has 1 rings (SSSR count). The summed E-state index contributed by atoms with van der Waals surface area (Å²) in [6.07, 6.45) is 6.04. The van der Waals surface area contributed by atoms with E-state index in [4.69, 9.17) is 4.74 Å². The quantitative estimate of drug-likeness (QED) is 0.532. The number of hydrogen-bond acceptors (Lipinski definition) is 3. The number of carbonyl (C=O) groups excluding carboxylic acids is 1. The van der Waals surface area contributed by atoms with Crippen LogP contribution in [0.4, 0.5) is 0 Å². The number of nitrogens with one attached hydrogen (secondary N) is 1. The van der Waals surface area contributed by atoms with E-state index in [0.717, 1.165) is 19.4 Å². The maximum Gasteiger partial charge on any atom is 0.302 e. The Bertz CT molecular complexity index is 153. The van der Waals surface area contributed by atoms with E-state index >= 15 is 0 Å². The van der Waals surface area contributed by atoms with Gasteiger partial charge in [0.05, 0.1) is 6.61 Å². The SMILES string of the molecule is CC(=O)OCCCC1CCCCN1. The maximum atomic E-state index is 10.5. The van der Waals surface area contributed by atoms with Gasteiger partial charge in [-0.3, -0.25) is 4.79 Å². The molecule has 3 heteroatoms. The molecule has 0 radical (unpaired) electrons. The molecular formula is C10H19NO2. The molecular weight excluding hydrogens is 166 g/mol. The van der Waals surface area contributed by atoms with Gasteiger partial charge in [0.1, 0.15) is 0 Å². The lowest BCUT2D eigenvalue weighted by Crippen LogP contribution is -2.34. The first-order chi connectivity index (χ1) is 6.29. The summed E-state index contributed by atoms with van der Waals surface area (Å²) >= 11 is 0. The van der Waals surface area contributed by atoms with Crippen LogP contribution in [0.3, 0.4) is 0 Å². The van der Waals surface area contributed by atoms with Gasteiger partial charge in [-0.15, -0.1) is 0 Å². The molecule has 0 aromatic rings. The largest absolute Gasteiger partial charge is 0.466 e. The molecule has 0 bridgehead atoms. The molecule has 1 fully saturated rings. The van der Waals surface area contributed by atoms with E-state index in [9.17, 15) is 4.79 Å². The summed E-state index contributed by atoms with van der Waals surface area (Å²) in [6.45, 7) is 3.19. The summed E-state index contributed by atoms with van der Waals surface area (Å²) in [5.74, 6) is -0.170. The number of hydrogen-bond donors (Lipinski definition) is 1. The number of ether oxygens (including phenoxy) is 1. The van der Waals surface area contributed by atoms with Crippen molar-refractivity contribution in [2.75, 3.05) is 13.2 Å². The van der Waals surface area contributed by atoms with Gasteiger partial charge in [-0.05, 0) is 32.2 Å². The Kier molecular flexibility index (Phi) is 4.83. The second kappa shape index (κ2) is 5.97. The van der Waals surface area contributed by atoms with Crippen molar-refractivity contribution < 1.29 is 9.53 Å². The molecule has 76 valence electrons. The fourth-order valence-corrected chi connectivity index (χ4v) is 1.72. The molecule has 1 atom stereocenters. The minimum atomic E-state index is -0.170. The van der Waals surface area contributed by atoms with Crippen LogP contribution in [0, 0.1) is 0 Å². The highest BCUT2D eigenvalue weighted by atomic mass is 16.5. The van der Waals surface area contributed by atoms with Crippen molar-refractivity contribution in [2.45, 2.75) is 45.1 Å². The fourth-order valence-electron chi connectivity index (χ4n) is 1.72. The lowest BCUT2D eigenvalue weighted by Gasteiger charge is -2.23. The van der Waals surface area contributed by atoms with Crippen molar-refractivity contribution in [1.82, 2.24) is 5.32 Å². The van der Waals surface area contributed by atoms with E-state index in [1.54, 1.807) is 0 Å². The number of rotatable bonds is 4. The molecule has 1 unspecified atom stereocenters. The van der Waals surface area contributed by atoms with Gasteiger partial charge in [-0.25, -0.2) is 0 Å². The zero-order valence-corrected chi connectivity index (χ0v) is 8.34. The highest BCUT2D eigenvalue weighted by Gasteiger charge is 2.11. The molecule has 0 saturated carbocycles. The predicted molar refractivity (Wildman–Crippen MR) is 51.5 cm³/mol. The first-order valence-corrected chi connectivity index (χ1v) is 5.16. The number of carbonyl (C=O) groups is 1. The van der Waals surface area contributed by atoms with Crippen molar-refractivity contribution >= 4 is 5.97 Å². The predicted octanol–water partition coefficient (Wildman–Crippen LogP) is 1.47. The molecule has 0 amide bonds. The zero-order chi connectivity index (χ0) is 9.52. The molecule has 0 aliphatic carbocycles. The Morgan fingerprint density at radius 1 is 1.54 bits per heavy atom. The van der Waals surface area contributed by atoms with Crippen LogP contribution in [-0.4, -0.2) is 25.2 Å². The van der Waals surface area contributed by atoms with Gasteiger partial charge in [0, 0.05) is 13.0 Å². The Morgan fingerprint density at radius 3 is 3.00 bits per heavy atom. The highest BCUT2D eigenvalue weighted by Crippen LogP contribution is 2.11. The van der Waals surface area contributed by atoms with Crippen LogP contribution in [0.25, 0.3) is 0 Å². The van der Waals surface area contributed by atoms with Gasteiger partial charge >= 0.3 is 5.97 Å². The van der Waals surface area contributed by atoms with E-state index in [0.29, 0.717) is 12.6 Å². The molecule has 1 N–H and O–H groups in total. The molecule has 1 aliphatic heterocycles. The monoisotopic (exact) mass is 185 g/mol. The van der Waals surface area contributed by atoms with Crippen molar-refractivity contribution in [2.24, 2.45) is 0 Å². The van der Waals surface area contributed by atoms with E-state index in [1.807, 2.05) is 0 Å². The topological polar surface area (TPSA) is 38.3 Å². The van der Waals surface area contributed by atoms with Gasteiger partial charge in [0.2, 0.25) is 0 Å². The average molecular weight is 185 g/mol. The van der Waals surface area contributed by atoms with E-state index in [1.165, 1.54) is 26.2 Å². The van der Waals surface area contributed by atoms with Crippen molar-refractivity contribution in [3.63, 3.8) is 0 Å². The van der Waals surface area contributed by atoms with Crippen LogP contribution in [0.15, 0.2) is 0 Å². The molecule has 3 nitrogen and oxygen atoms in total. The minimum Gasteiger partial charge on any atom is -0.466 e. The van der Waals surface area contributed by atoms with E-state index in [2.05, 4.69) is 5.32 Å². The van der Waals surface area contributed by atoms with Crippen molar-refractivity contribution in [3.05, 3.63) is 0 Å². The number of esters is 1. The second-order valence-electron chi connectivity index (χ2n) is 3.63. The Morgan fingerprint density at radius 2 is 2.38 bits per heavy atom. The van der Waals surface area contributed by atoms with Crippen LogP contribution in [-0.2, 0) is 9.53 Å². The second-order valence-corrected chi connectivity index (χ2v) is 3.63. The van der Waals surface area contributed by atoms with Gasteiger partial charge in [0.15, 0.2) is 0 Å². The average Bonchev–Trinajstić information content (AvgIpc) is 2.14. The summed E-state index contributed by atoms with van der Waals surface area (Å²) in [7, 11) is 0. The summed E-state index contributed by atoms with van der Waals surface area (Å²) in [4.78, 5) is 10.5. The van der Waals surface area contributed by atoms with Crippen molar-refractivity contribution in [3.8, 4) is 0 Å². The van der Waals surface area contributed by atoms with Crippen LogP contribution in [0.5, 0.6) is 0 Å². The van der Waals surface area contributed by atoms with Crippen LogP contribution < -0.4 is 5.32 Å². The van der Waals surface area contributed by atoms with Gasteiger partial charge < -0.3 is 10.1 Å². The lowest BCUT2D eigenvalue weighted by molar-refractivity contribution is -0.141. The third-order valence-corrected chi connectivity index (χ3v) is 2.41.